The number of amides is 1. The molecule has 0 saturated heterocycles. The highest BCUT2D eigenvalue weighted by molar-refractivity contribution is 6.30. The predicted octanol–water partition coefficient (Wildman–Crippen LogP) is 3.60. The molecule has 2 aromatic carbocycles. The van der Waals surface area contributed by atoms with Crippen molar-refractivity contribution in [2.75, 3.05) is 7.11 Å². The van der Waals surface area contributed by atoms with Crippen LogP contribution in [0.2, 0.25) is 5.02 Å². The van der Waals surface area contributed by atoms with Crippen LogP contribution < -0.4 is 10.1 Å². The Hall–Kier alpha value is -2.00. The summed E-state index contributed by atoms with van der Waals surface area (Å²) in [5, 5.41) is 3.60. The summed E-state index contributed by atoms with van der Waals surface area (Å²) in [5.74, 6) is 0.800. The van der Waals surface area contributed by atoms with Gasteiger partial charge in [-0.1, -0.05) is 41.9 Å². The second kappa shape index (κ2) is 7.70. The molecule has 0 aromatic heterocycles. The lowest BCUT2D eigenvalue weighted by Gasteiger charge is -2.09. The molecule has 0 atom stereocenters. The van der Waals surface area contributed by atoms with Crippen molar-refractivity contribution in [3.63, 3.8) is 0 Å². The summed E-state index contributed by atoms with van der Waals surface area (Å²) in [6, 6.07) is 15.2. The van der Waals surface area contributed by atoms with E-state index >= 15 is 0 Å². The summed E-state index contributed by atoms with van der Waals surface area (Å²) in [6.07, 6.45) is 1.12. The first-order valence-electron chi connectivity index (χ1n) is 6.82. The number of para-hydroxylation sites is 1. The third-order valence-corrected chi connectivity index (χ3v) is 3.43. The highest BCUT2D eigenvalue weighted by Crippen LogP contribution is 2.17. The number of hydrogen-bond acceptors (Lipinski definition) is 2. The summed E-state index contributed by atoms with van der Waals surface area (Å²) in [6.45, 7) is 0.471. The molecule has 2 rings (SSSR count). The monoisotopic (exact) mass is 303 g/mol. The van der Waals surface area contributed by atoms with Gasteiger partial charge in [-0.15, -0.1) is 0 Å². The fraction of sp³-hybridized carbons (Fsp3) is 0.235. The van der Waals surface area contributed by atoms with E-state index < -0.39 is 0 Å². The molecule has 21 heavy (non-hydrogen) atoms. The molecule has 0 fully saturated rings. The Morgan fingerprint density at radius 3 is 2.76 bits per heavy atom. The van der Waals surface area contributed by atoms with Crippen LogP contribution in [-0.2, 0) is 17.8 Å². The van der Waals surface area contributed by atoms with Crippen LogP contribution in [0.3, 0.4) is 0 Å². The quantitative estimate of drug-likeness (QED) is 0.885. The average Bonchev–Trinajstić information content (AvgIpc) is 2.51. The Kier molecular flexibility index (Phi) is 5.64. The normalized spacial score (nSPS) is 10.2. The first-order chi connectivity index (χ1) is 10.2. The number of ether oxygens (including phenoxy) is 1. The predicted molar refractivity (Wildman–Crippen MR) is 84.6 cm³/mol. The van der Waals surface area contributed by atoms with Gasteiger partial charge < -0.3 is 10.1 Å². The molecule has 0 aliphatic heterocycles. The molecule has 0 heterocycles. The van der Waals surface area contributed by atoms with Crippen molar-refractivity contribution in [1.82, 2.24) is 5.32 Å². The maximum absolute atomic E-state index is 11.9. The van der Waals surface area contributed by atoms with Gasteiger partial charge in [-0.2, -0.15) is 0 Å². The molecule has 0 bridgehead atoms. The van der Waals surface area contributed by atoms with Gasteiger partial charge in [0.1, 0.15) is 5.75 Å². The van der Waals surface area contributed by atoms with Crippen LogP contribution in [-0.4, -0.2) is 13.0 Å². The zero-order chi connectivity index (χ0) is 15.1. The molecule has 1 N–H and O–H groups in total. The molecule has 0 aliphatic rings. The summed E-state index contributed by atoms with van der Waals surface area (Å²) in [7, 11) is 1.62. The van der Waals surface area contributed by atoms with E-state index in [1.807, 2.05) is 48.5 Å². The molecule has 1 amide bonds. The summed E-state index contributed by atoms with van der Waals surface area (Å²) in [5.41, 5.74) is 2.03. The van der Waals surface area contributed by atoms with Gasteiger partial charge in [0.05, 0.1) is 7.11 Å². The fourth-order valence-corrected chi connectivity index (χ4v) is 2.29. The topological polar surface area (TPSA) is 38.3 Å². The summed E-state index contributed by atoms with van der Waals surface area (Å²) in [4.78, 5) is 11.9. The van der Waals surface area contributed by atoms with E-state index in [0.29, 0.717) is 24.4 Å². The molecule has 2 aromatic rings. The van der Waals surface area contributed by atoms with Crippen LogP contribution in [0.1, 0.15) is 17.5 Å². The van der Waals surface area contributed by atoms with Gasteiger partial charge in [0.15, 0.2) is 0 Å². The van der Waals surface area contributed by atoms with Crippen LogP contribution in [0, 0.1) is 0 Å². The minimum Gasteiger partial charge on any atom is -0.496 e. The average molecular weight is 304 g/mol. The first kappa shape index (κ1) is 15.4. The zero-order valence-electron chi connectivity index (χ0n) is 11.9. The molecule has 0 saturated carbocycles. The van der Waals surface area contributed by atoms with Gasteiger partial charge in [-0.25, -0.2) is 0 Å². The van der Waals surface area contributed by atoms with Crippen molar-refractivity contribution in [1.29, 1.82) is 0 Å². The van der Waals surface area contributed by atoms with Gasteiger partial charge in [0, 0.05) is 23.6 Å². The van der Waals surface area contributed by atoms with Gasteiger partial charge in [-0.05, 0) is 30.2 Å². The maximum atomic E-state index is 11.9. The second-order valence-corrected chi connectivity index (χ2v) is 5.15. The number of halogens is 1. The van der Waals surface area contributed by atoms with Crippen molar-refractivity contribution >= 4 is 17.5 Å². The second-order valence-electron chi connectivity index (χ2n) is 4.72. The molecule has 0 unspecified atom stereocenters. The summed E-state index contributed by atoms with van der Waals surface area (Å²) >= 11 is 5.92. The smallest absolute Gasteiger partial charge is 0.220 e. The van der Waals surface area contributed by atoms with Crippen molar-refractivity contribution in [2.45, 2.75) is 19.4 Å². The highest BCUT2D eigenvalue weighted by atomic mass is 35.5. The number of benzene rings is 2. The van der Waals surface area contributed by atoms with Gasteiger partial charge >= 0.3 is 0 Å². The van der Waals surface area contributed by atoms with Crippen LogP contribution in [0.5, 0.6) is 5.75 Å². The lowest BCUT2D eigenvalue weighted by molar-refractivity contribution is -0.121. The van der Waals surface area contributed by atoms with Gasteiger partial charge in [-0.3, -0.25) is 4.79 Å². The van der Waals surface area contributed by atoms with Crippen molar-refractivity contribution in [3.8, 4) is 5.75 Å². The van der Waals surface area contributed by atoms with Crippen LogP contribution in [0.15, 0.2) is 48.5 Å². The molecule has 0 aliphatic carbocycles. The van der Waals surface area contributed by atoms with Crippen molar-refractivity contribution in [2.24, 2.45) is 0 Å². The number of carbonyl (C=O) groups is 1. The lowest BCUT2D eigenvalue weighted by Crippen LogP contribution is -2.23. The lowest BCUT2D eigenvalue weighted by atomic mass is 10.1. The highest BCUT2D eigenvalue weighted by Gasteiger charge is 2.05. The number of carbonyl (C=O) groups excluding carboxylic acids is 1. The Balaban J connectivity index is 1.82. The van der Waals surface area contributed by atoms with E-state index in [9.17, 15) is 4.79 Å². The minimum absolute atomic E-state index is 0.0147. The number of aryl methyl sites for hydroxylation is 1. The minimum atomic E-state index is 0.0147. The van der Waals surface area contributed by atoms with Crippen LogP contribution >= 0.6 is 11.6 Å². The van der Waals surface area contributed by atoms with E-state index in [0.717, 1.165) is 16.9 Å². The molecule has 0 radical (unpaired) electrons. The molecule has 4 heteroatoms. The number of nitrogens with one attached hydrogen (secondary N) is 1. The SMILES string of the molecule is COc1ccccc1CNC(=O)CCc1cccc(Cl)c1. The van der Waals surface area contributed by atoms with E-state index in [1.165, 1.54) is 0 Å². The third kappa shape index (κ3) is 4.80. The Morgan fingerprint density at radius 1 is 1.19 bits per heavy atom. The third-order valence-electron chi connectivity index (χ3n) is 3.20. The zero-order valence-corrected chi connectivity index (χ0v) is 12.7. The number of methoxy groups -OCH3 is 1. The van der Waals surface area contributed by atoms with Crippen LogP contribution in [0.4, 0.5) is 0 Å². The van der Waals surface area contributed by atoms with Gasteiger partial charge in [0.2, 0.25) is 5.91 Å². The van der Waals surface area contributed by atoms with E-state index in [1.54, 1.807) is 7.11 Å². The molecule has 0 spiro atoms. The Bertz CT molecular complexity index is 613. The molecule has 110 valence electrons. The van der Waals surface area contributed by atoms with Gasteiger partial charge in [0.25, 0.3) is 0 Å². The van der Waals surface area contributed by atoms with Crippen molar-refractivity contribution in [3.05, 3.63) is 64.7 Å². The maximum Gasteiger partial charge on any atom is 0.220 e. The largest absolute Gasteiger partial charge is 0.496 e. The van der Waals surface area contributed by atoms with Crippen molar-refractivity contribution < 1.29 is 9.53 Å². The van der Waals surface area contributed by atoms with Crippen LogP contribution in [0.25, 0.3) is 0 Å². The Labute approximate surface area is 129 Å². The Morgan fingerprint density at radius 2 is 2.00 bits per heavy atom. The molecule has 3 nitrogen and oxygen atoms in total. The number of hydrogen-bond donors (Lipinski definition) is 1. The first-order valence-corrected chi connectivity index (χ1v) is 7.20. The molecular weight excluding hydrogens is 286 g/mol. The fourth-order valence-electron chi connectivity index (χ4n) is 2.08. The van der Waals surface area contributed by atoms with E-state index in [4.69, 9.17) is 16.3 Å². The van der Waals surface area contributed by atoms with E-state index in [2.05, 4.69) is 5.32 Å². The summed E-state index contributed by atoms with van der Waals surface area (Å²) < 4.78 is 5.25. The molecular formula is C17H18ClNO2. The standard InChI is InChI=1S/C17H18ClNO2/c1-21-16-8-3-2-6-14(16)12-19-17(20)10-9-13-5-4-7-15(18)11-13/h2-8,11H,9-10,12H2,1H3,(H,19,20). The number of rotatable bonds is 6. The van der Waals surface area contributed by atoms with E-state index in [-0.39, 0.29) is 5.91 Å².